The summed E-state index contributed by atoms with van der Waals surface area (Å²) in [5, 5.41) is 8.21. The predicted molar refractivity (Wildman–Crippen MR) is 65.9 cm³/mol. The maximum Gasteiger partial charge on any atom is 0.163 e. The van der Waals surface area contributed by atoms with Crippen molar-refractivity contribution in [3.8, 4) is 11.4 Å². The van der Waals surface area contributed by atoms with Gasteiger partial charge in [0.2, 0.25) is 0 Å². The second kappa shape index (κ2) is 4.01. The molecule has 1 aliphatic carbocycles. The van der Waals surface area contributed by atoms with Crippen molar-refractivity contribution >= 4 is 15.9 Å². The quantitative estimate of drug-likeness (QED) is 0.863. The van der Waals surface area contributed by atoms with Crippen molar-refractivity contribution in [2.45, 2.75) is 19.4 Å². The first kappa shape index (κ1) is 10.0. The van der Waals surface area contributed by atoms with Crippen LogP contribution in [0.2, 0.25) is 0 Å². The minimum Gasteiger partial charge on any atom is -0.313 e. The lowest BCUT2D eigenvalue weighted by Gasteiger charge is -2.05. The minimum absolute atomic E-state index is 0.835. The number of nitrogens with zero attached hydrogens (tertiary/aromatic N) is 3. The summed E-state index contributed by atoms with van der Waals surface area (Å²) < 4.78 is 3.23. The number of hydrogen-bond acceptors (Lipinski definition) is 2. The lowest BCUT2D eigenvalue weighted by atomic mass is 10.2. The number of hydrogen-bond donors (Lipinski definition) is 0. The molecule has 0 saturated heterocycles. The van der Waals surface area contributed by atoms with E-state index in [4.69, 9.17) is 0 Å². The summed E-state index contributed by atoms with van der Waals surface area (Å²) >= 11 is 3.48. The van der Waals surface area contributed by atoms with Gasteiger partial charge in [-0.15, -0.1) is 10.2 Å². The standard InChI is InChI=1S/C12H12BrN3/c13-11-3-1-2-10(6-11)12-15-14-8-16(12)7-9-4-5-9/h1-3,6,8-9H,4-5,7H2. The van der Waals surface area contributed by atoms with Gasteiger partial charge in [0, 0.05) is 16.6 Å². The van der Waals surface area contributed by atoms with E-state index in [0.29, 0.717) is 0 Å². The zero-order chi connectivity index (χ0) is 11.0. The van der Waals surface area contributed by atoms with Gasteiger partial charge in [0.25, 0.3) is 0 Å². The Labute approximate surface area is 103 Å². The van der Waals surface area contributed by atoms with E-state index in [2.05, 4.69) is 42.8 Å². The molecule has 0 radical (unpaired) electrons. The van der Waals surface area contributed by atoms with Crippen LogP contribution in [-0.4, -0.2) is 14.8 Å². The number of benzene rings is 1. The molecular weight excluding hydrogens is 266 g/mol. The second-order valence-corrected chi connectivity index (χ2v) is 5.18. The molecule has 1 aromatic heterocycles. The molecule has 1 fully saturated rings. The molecule has 0 atom stereocenters. The maximum atomic E-state index is 4.20. The van der Waals surface area contributed by atoms with Crippen molar-refractivity contribution in [1.29, 1.82) is 0 Å². The molecule has 1 heterocycles. The third-order valence-corrected chi connectivity index (χ3v) is 3.34. The molecule has 1 aliphatic rings. The Morgan fingerprint density at radius 3 is 3.00 bits per heavy atom. The molecule has 0 spiro atoms. The summed E-state index contributed by atoms with van der Waals surface area (Å²) in [7, 11) is 0. The molecule has 0 bridgehead atoms. The van der Waals surface area contributed by atoms with Crippen LogP contribution in [0, 0.1) is 5.92 Å². The maximum absolute atomic E-state index is 4.20. The molecule has 0 N–H and O–H groups in total. The van der Waals surface area contributed by atoms with Crippen molar-refractivity contribution in [2.24, 2.45) is 5.92 Å². The van der Waals surface area contributed by atoms with Crippen LogP contribution in [0.1, 0.15) is 12.8 Å². The fraction of sp³-hybridized carbons (Fsp3) is 0.333. The van der Waals surface area contributed by atoms with Gasteiger partial charge in [-0.05, 0) is 30.9 Å². The second-order valence-electron chi connectivity index (χ2n) is 4.26. The van der Waals surface area contributed by atoms with Gasteiger partial charge in [-0.1, -0.05) is 28.1 Å². The largest absolute Gasteiger partial charge is 0.313 e. The molecule has 2 aromatic rings. The van der Waals surface area contributed by atoms with E-state index in [9.17, 15) is 0 Å². The topological polar surface area (TPSA) is 30.7 Å². The monoisotopic (exact) mass is 277 g/mol. The highest BCUT2D eigenvalue weighted by Crippen LogP contribution is 2.32. The van der Waals surface area contributed by atoms with E-state index < -0.39 is 0 Å². The summed E-state index contributed by atoms with van der Waals surface area (Å²) in [6, 6.07) is 8.19. The highest BCUT2D eigenvalue weighted by atomic mass is 79.9. The Balaban J connectivity index is 1.95. The molecule has 16 heavy (non-hydrogen) atoms. The first-order valence-electron chi connectivity index (χ1n) is 5.46. The van der Waals surface area contributed by atoms with Crippen LogP contribution < -0.4 is 0 Å². The van der Waals surface area contributed by atoms with E-state index in [1.807, 2.05) is 18.5 Å². The Morgan fingerprint density at radius 2 is 2.25 bits per heavy atom. The molecular formula is C12H12BrN3. The SMILES string of the molecule is Brc1cccc(-c2nncn2CC2CC2)c1. The normalized spacial score (nSPS) is 15.3. The van der Waals surface area contributed by atoms with Crippen molar-refractivity contribution < 1.29 is 0 Å². The van der Waals surface area contributed by atoms with Gasteiger partial charge in [0.05, 0.1) is 0 Å². The Morgan fingerprint density at radius 1 is 1.38 bits per heavy atom. The van der Waals surface area contributed by atoms with Gasteiger partial charge in [-0.25, -0.2) is 0 Å². The first-order valence-corrected chi connectivity index (χ1v) is 6.26. The van der Waals surface area contributed by atoms with Gasteiger partial charge in [-0.2, -0.15) is 0 Å². The van der Waals surface area contributed by atoms with E-state index in [-0.39, 0.29) is 0 Å². The lowest BCUT2D eigenvalue weighted by molar-refractivity contribution is 0.630. The molecule has 0 aliphatic heterocycles. The molecule has 82 valence electrons. The summed E-state index contributed by atoms with van der Waals surface area (Å²) in [6.45, 7) is 1.05. The lowest BCUT2D eigenvalue weighted by Crippen LogP contribution is -2.00. The zero-order valence-electron chi connectivity index (χ0n) is 8.81. The van der Waals surface area contributed by atoms with Gasteiger partial charge in [0.15, 0.2) is 5.82 Å². The Bertz CT molecular complexity index is 502. The van der Waals surface area contributed by atoms with E-state index in [0.717, 1.165) is 28.3 Å². The van der Waals surface area contributed by atoms with Crippen LogP contribution >= 0.6 is 15.9 Å². The summed E-state index contributed by atoms with van der Waals surface area (Å²) in [6.07, 6.45) is 4.51. The number of rotatable bonds is 3. The summed E-state index contributed by atoms with van der Waals surface area (Å²) in [5.41, 5.74) is 1.12. The summed E-state index contributed by atoms with van der Waals surface area (Å²) in [5.74, 6) is 1.80. The van der Waals surface area contributed by atoms with E-state index in [1.54, 1.807) is 0 Å². The van der Waals surface area contributed by atoms with Gasteiger partial charge < -0.3 is 4.57 Å². The van der Waals surface area contributed by atoms with Crippen LogP contribution in [0.3, 0.4) is 0 Å². The Kier molecular flexibility index (Phi) is 2.52. The molecule has 3 rings (SSSR count). The van der Waals surface area contributed by atoms with Crippen molar-refractivity contribution in [3.63, 3.8) is 0 Å². The van der Waals surface area contributed by atoms with Crippen LogP contribution in [0.25, 0.3) is 11.4 Å². The van der Waals surface area contributed by atoms with Gasteiger partial charge in [-0.3, -0.25) is 0 Å². The van der Waals surface area contributed by atoms with Gasteiger partial charge in [0.1, 0.15) is 6.33 Å². The van der Waals surface area contributed by atoms with Crippen molar-refractivity contribution in [1.82, 2.24) is 14.8 Å². The molecule has 3 nitrogen and oxygen atoms in total. The van der Waals surface area contributed by atoms with Crippen LogP contribution in [0.5, 0.6) is 0 Å². The van der Waals surface area contributed by atoms with Crippen molar-refractivity contribution in [2.75, 3.05) is 0 Å². The van der Waals surface area contributed by atoms with Crippen LogP contribution in [-0.2, 0) is 6.54 Å². The Hall–Kier alpha value is -1.16. The fourth-order valence-corrected chi connectivity index (χ4v) is 2.22. The van der Waals surface area contributed by atoms with E-state index in [1.165, 1.54) is 12.8 Å². The highest BCUT2D eigenvalue weighted by molar-refractivity contribution is 9.10. The first-order chi connectivity index (χ1) is 7.83. The molecule has 0 amide bonds. The van der Waals surface area contributed by atoms with Crippen molar-refractivity contribution in [3.05, 3.63) is 35.1 Å². The molecule has 1 saturated carbocycles. The minimum atomic E-state index is 0.835. The predicted octanol–water partition coefficient (Wildman–Crippen LogP) is 3.12. The molecule has 0 unspecified atom stereocenters. The molecule has 1 aromatic carbocycles. The average molecular weight is 278 g/mol. The zero-order valence-corrected chi connectivity index (χ0v) is 10.4. The fourth-order valence-electron chi connectivity index (χ4n) is 1.82. The highest BCUT2D eigenvalue weighted by Gasteiger charge is 2.23. The van der Waals surface area contributed by atoms with E-state index >= 15 is 0 Å². The smallest absolute Gasteiger partial charge is 0.163 e. The number of halogens is 1. The van der Waals surface area contributed by atoms with Crippen LogP contribution in [0.4, 0.5) is 0 Å². The average Bonchev–Trinajstić information content (AvgIpc) is 2.95. The third-order valence-electron chi connectivity index (χ3n) is 2.85. The summed E-state index contributed by atoms with van der Waals surface area (Å²) in [4.78, 5) is 0. The molecule has 4 heteroatoms. The van der Waals surface area contributed by atoms with Gasteiger partial charge >= 0.3 is 0 Å². The third kappa shape index (κ3) is 2.02. The number of aromatic nitrogens is 3. The van der Waals surface area contributed by atoms with Crippen LogP contribution in [0.15, 0.2) is 35.1 Å².